The van der Waals surface area contributed by atoms with Crippen LogP contribution in [0, 0.1) is 0 Å². The highest BCUT2D eigenvalue weighted by Gasteiger charge is 2.31. The highest BCUT2D eigenvalue weighted by Crippen LogP contribution is 2.37. The van der Waals surface area contributed by atoms with Gasteiger partial charge in [0, 0.05) is 6.04 Å². The highest BCUT2D eigenvalue weighted by atomic mass is 35.5. The Morgan fingerprint density at radius 1 is 1.20 bits per heavy atom. The van der Waals surface area contributed by atoms with E-state index in [1.54, 1.807) is 6.07 Å². The van der Waals surface area contributed by atoms with Gasteiger partial charge in [0.2, 0.25) is 5.91 Å². The number of nitrogens with two attached hydrogens (primary N) is 1. The molecule has 0 radical (unpaired) electrons. The van der Waals surface area contributed by atoms with Gasteiger partial charge in [-0.2, -0.15) is 0 Å². The van der Waals surface area contributed by atoms with Crippen LogP contribution in [-0.4, -0.2) is 23.6 Å². The number of benzene rings is 1. The van der Waals surface area contributed by atoms with Crippen LogP contribution in [0.3, 0.4) is 0 Å². The molecule has 1 aliphatic heterocycles. The maximum absolute atomic E-state index is 12.3. The molecule has 3 rings (SSSR count). The smallest absolute Gasteiger partial charge is 0.270 e. The lowest BCUT2D eigenvalue weighted by Crippen LogP contribution is -2.45. The number of carbonyl (C=O) groups is 3. The summed E-state index contributed by atoms with van der Waals surface area (Å²) in [6.45, 7) is 0. The number of Topliss-reactive ketones (excluding diaryl/α,β-unsaturated/α-hetero) is 1. The van der Waals surface area contributed by atoms with Gasteiger partial charge in [0.1, 0.15) is 11.4 Å². The molecular formula is C17H17Cl2N3O3. The van der Waals surface area contributed by atoms with Crippen molar-refractivity contribution in [1.29, 1.82) is 0 Å². The average molecular weight is 382 g/mol. The molecule has 6 nitrogen and oxygen atoms in total. The van der Waals surface area contributed by atoms with Gasteiger partial charge in [0.15, 0.2) is 5.78 Å². The minimum absolute atomic E-state index is 0.0683. The average Bonchev–Trinajstić information content (AvgIpc) is 3.01. The number of ketones is 1. The number of hydrogen-bond acceptors (Lipinski definition) is 4. The molecule has 0 aromatic heterocycles. The van der Waals surface area contributed by atoms with Crippen molar-refractivity contribution in [3.63, 3.8) is 0 Å². The van der Waals surface area contributed by atoms with Crippen LogP contribution in [0.5, 0.6) is 0 Å². The second-order valence-electron chi connectivity index (χ2n) is 6.29. The molecule has 0 unspecified atom stereocenters. The second-order valence-corrected chi connectivity index (χ2v) is 7.11. The van der Waals surface area contributed by atoms with Crippen LogP contribution in [0.15, 0.2) is 29.6 Å². The van der Waals surface area contributed by atoms with E-state index in [-0.39, 0.29) is 29.8 Å². The first kappa shape index (κ1) is 17.8. The van der Waals surface area contributed by atoms with Crippen LogP contribution >= 0.6 is 23.2 Å². The zero-order chi connectivity index (χ0) is 18.1. The van der Waals surface area contributed by atoms with Crippen LogP contribution in [0.4, 0.5) is 0 Å². The molecule has 1 aromatic carbocycles. The van der Waals surface area contributed by atoms with Gasteiger partial charge in [-0.25, -0.2) is 0 Å². The van der Waals surface area contributed by atoms with Crippen LogP contribution in [-0.2, 0) is 14.4 Å². The third-order valence-electron chi connectivity index (χ3n) is 4.57. The molecule has 1 aromatic rings. The molecule has 0 spiro atoms. The van der Waals surface area contributed by atoms with Crippen molar-refractivity contribution in [1.82, 2.24) is 10.6 Å². The Labute approximate surface area is 154 Å². The van der Waals surface area contributed by atoms with E-state index in [1.807, 2.05) is 12.1 Å². The maximum Gasteiger partial charge on any atom is 0.270 e. The van der Waals surface area contributed by atoms with Crippen molar-refractivity contribution in [2.75, 3.05) is 0 Å². The Bertz CT molecular complexity index is 791. The van der Waals surface area contributed by atoms with E-state index in [1.165, 1.54) is 0 Å². The SMILES string of the molecule is NC1=C(C(=O)N[C@H]2CC[C@@H](c3ccc(Cl)c(Cl)c3)C2)NC(=O)CC1=O. The Hall–Kier alpha value is -2.05. The number of rotatable bonds is 3. The summed E-state index contributed by atoms with van der Waals surface area (Å²) in [4.78, 5) is 35.4. The van der Waals surface area contributed by atoms with E-state index in [9.17, 15) is 14.4 Å². The molecule has 1 heterocycles. The minimum Gasteiger partial charge on any atom is -0.394 e. The fraction of sp³-hybridized carbons (Fsp3) is 0.353. The van der Waals surface area contributed by atoms with E-state index >= 15 is 0 Å². The van der Waals surface area contributed by atoms with Crippen molar-refractivity contribution in [3.8, 4) is 0 Å². The van der Waals surface area contributed by atoms with Crippen LogP contribution in [0.2, 0.25) is 10.0 Å². The summed E-state index contributed by atoms with van der Waals surface area (Å²) in [5.74, 6) is -1.33. The molecule has 2 amide bonds. The number of amides is 2. The molecule has 1 aliphatic carbocycles. The molecule has 0 bridgehead atoms. The summed E-state index contributed by atoms with van der Waals surface area (Å²) in [6, 6.07) is 5.48. The topological polar surface area (TPSA) is 101 Å². The second kappa shape index (κ2) is 7.06. The van der Waals surface area contributed by atoms with Gasteiger partial charge < -0.3 is 16.4 Å². The summed E-state index contributed by atoms with van der Waals surface area (Å²) in [7, 11) is 0. The van der Waals surface area contributed by atoms with Crippen molar-refractivity contribution in [3.05, 3.63) is 45.2 Å². The molecule has 8 heteroatoms. The normalized spacial score (nSPS) is 23.6. The fourth-order valence-corrected chi connectivity index (χ4v) is 3.56. The van der Waals surface area contributed by atoms with Gasteiger partial charge in [-0.3, -0.25) is 14.4 Å². The lowest BCUT2D eigenvalue weighted by Gasteiger charge is -2.19. The van der Waals surface area contributed by atoms with E-state index < -0.39 is 17.6 Å². The van der Waals surface area contributed by atoms with Crippen molar-refractivity contribution < 1.29 is 14.4 Å². The Morgan fingerprint density at radius 2 is 1.96 bits per heavy atom. The summed E-state index contributed by atoms with van der Waals surface area (Å²) < 4.78 is 0. The first-order chi connectivity index (χ1) is 11.8. The Balaban J connectivity index is 1.66. The minimum atomic E-state index is -0.533. The molecule has 4 N–H and O–H groups in total. The number of allylic oxidation sites excluding steroid dienone is 1. The first-order valence-corrected chi connectivity index (χ1v) is 8.69. The monoisotopic (exact) mass is 381 g/mol. The van der Waals surface area contributed by atoms with E-state index in [4.69, 9.17) is 28.9 Å². The fourth-order valence-electron chi connectivity index (χ4n) is 3.25. The number of halogens is 2. The van der Waals surface area contributed by atoms with Crippen LogP contribution in [0.25, 0.3) is 0 Å². The molecule has 25 heavy (non-hydrogen) atoms. The van der Waals surface area contributed by atoms with Crippen molar-refractivity contribution in [2.24, 2.45) is 5.73 Å². The van der Waals surface area contributed by atoms with Gasteiger partial charge >= 0.3 is 0 Å². The van der Waals surface area contributed by atoms with Crippen LogP contribution < -0.4 is 16.4 Å². The first-order valence-electron chi connectivity index (χ1n) is 7.93. The van der Waals surface area contributed by atoms with Crippen molar-refractivity contribution in [2.45, 2.75) is 37.6 Å². The zero-order valence-electron chi connectivity index (χ0n) is 13.3. The molecule has 2 aliphatic rings. The standard InChI is InChI=1S/C17H17Cl2N3O3/c18-11-4-2-9(6-12(11)19)8-1-3-10(5-8)21-17(25)16-15(20)13(23)7-14(24)22-16/h2,4,6,8,10H,1,3,5,7,20H2,(H,21,25)(H,22,24)/t8-,10+/m1/s1. The van der Waals surface area contributed by atoms with Gasteiger partial charge in [-0.1, -0.05) is 29.3 Å². The quantitative estimate of drug-likeness (QED) is 0.696. The van der Waals surface area contributed by atoms with Crippen molar-refractivity contribution >= 4 is 40.8 Å². The van der Waals surface area contributed by atoms with Gasteiger partial charge in [0.05, 0.1) is 16.5 Å². The molecule has 1 saturated carbocycles. The number of nitrogens with one attached hydrogen (secondary N) is 2. The molecular weight excluding hydrogens is 365 g/mol. The summed E-state index contributed by atoms with van der Waals surface area (Å²) >= 11 is 12.0. The van der Waals surface area contributed by atoms with Crippen LogP contribution in [0.1, 0.15) is 37.2 Å². The summed E-state index contributed by atoms with van der Waals surface area (Å²) in [5, 5.41) is 6.24. The maximum atomic E-state index is 12.3. The molecule has 2 atom stereocenters. The highest BCUT2D eigenvalue weighted by molar-refractivity contribution is 6.42. The Morgan fingerprint density at radius 3 is 2.68 bits per heavy atom. The summed E-state index contributed by atoms with van der Waals surface area (Å²) in [6.07, 6.45) is 2.08. The molecule has 1 fully saturated rings. The number of carbonyl (C=O) groups excluding carboxylic acids is 3. The summed E-state index contributed by atoms with van der Waals surface area (Å²) in [5.41, 5.74) is 6.36. The van der Waals surface area contributed by atoms with E-state index in [2.05, 4.69) is 10.6 Å². The van der Waals surface area contributed by atoms with Gasteiger partial charge in [-0.05, 0) is 42.9 Å². The third-order valence-corrected chi connectivity index (χ3v) is 5.30. The number of hydrogen-bond donors (Lipinski definition) is 3. The lowest BCUT2D eigenvalue weighted by molar-refractivity contribution is -0.129. The predicted octanol–water partition coefficient (Wildman–Crippen LogP) is 2.00. The largest absolute Gasteiger partial charge is 0.394 e. The lowest BCUT2D eigenvalue weighted by atomic mass is 9.97. The molecule has 0 saturated heterocycles. The van der Waals surface area contributed by atoms with E-state index in [0.717, 1.165) is 24.8 Å². The predicted molar refractivity (Wildman–Crippen MR) is 94.0 cm³/mol. The molecule has 132 valence electrons. The van der Waals surface area contributed by atoms with Gasteiger partial charge in [0.25, 0.3) is 5.91 Å². The third kappa shape index (κ3) is 3.80. The van der Waals surface area contributed by atoms with E-state index in [0.29, 0.717) is 10.0 Å². The van der Waals surface area contributed by atoms with Gasteiger partial charge in [-0.15, -0.1) is 0 Å². The zero-order valence-corrected chi connectivity index (χ0v) is 14.8. The Kier molecular flexibility index (Phi) is 5.01.